The van der Waals surface area contributed by atoms with Crippen molar-refractivity contribution in [2.75, 3.05) is 0 Å². The number of rotatable bonds is 12. The molecule has 0 heterocycles. The van der Waals surface area contributed by atoms with Crippen LogP contribution in [0.3, 0.4) is 0 Å². The summed E-state index contributed by atoms with van der Waals surface area (Å²) >= 11 is 0. The molecule has 0 aliphatic carbocycles. The largest absolute Gasteiger partial charge is 0.459 e. The average Bonchev–Trinajstić information content (AvgIpc) is 3.00. The quantitative estimate of drug-likeness (QED) is 0.249. The van der Waals surface area contributed by atoms with E-state index in [2.05, 4.69) is 10.6 Å². The highest BCUT2D eigenvalue weighted by atomic mass is 16.5. The van der Waals surface area contributed by atoms with E-state index >= 15 is 0 Å². The Hall–Kier alpha value is -4.91. The Bertz CT molecular complexity index is 1350. The lowest BCUT2D eigenvalue weighted by Crippen LogP contribution is -2.53. The van der Waals surface area contributed by atoms with Gasteiger partial charge in [-0.3, -0.25) is 4.79 Å². The second kappa shape index (κ2) is 14.9. The van der Waals surface area contributed by atoms with E-state index in [0.29, 0.717) is 0 Å². The van der Waals surface area contributed by atoms with Crippen LogP contribution in [0.2, 0.25) is 0 Å². The maximum absolute atomic E-state index is 13.5. The van der Waals surface area contributed by atoms with Gasteiger partial charge in [-0.2, -0.15) is 0 Å². The first-order valence-electron chi connectivity index (χ1n) is 13.1. The predicted octanol–water partition coefficient (Wildman–Crippen LogP) is 5.00. The minimum absolute atomic E-state index is 0.0643. The smallest absolute Gasteiger partial charge is 0.408 e. The second-order valence-corrected chi connectivity index (χ2v) is 9.29. The number of carbonyl (C=O) groups excluding carboxylic acids is 3. The third-order valence-corrected chi connectivity index (χ3v) is 6.21. The van der Waals surface area contributed by atoms with Crippen LogP contribution in [-0.2, 0) is 45.1 Å². The predicted molar refractivity (Wildman–Crippen MR) is 152 cm³/mol. The third kappa shape index (κ3) is 9.13. The average molecular weight is 537 g/mol. The summed E-state index contributed by atoms with van der Waals surface area (Å²) in [6, 6.07) is 35.4. The molecule has 40 heavy (non-hydrogen) atoms. The molecule has 0 bridgehead atoms. The number of alkyl carbamates (subject to hydrolysis) is 1. The fraction of sp³-hybridized carbons (Fsp3) is 0.182. The number of esters is 1. The van der Waals surface area contributed by atoms with Gasteiger partial charge < -0.3 is 20.1 Å². The van der Waals surface area contributed by atoms with Gasteiger partial charge in [0.05, 0.1) is 0 Å². The van der Waals surface area contributed by atoms with Gasteiger partial charge in [0.2, 0.25) is 5.91 Å². The third-order valence-electron chi connectivity index (χ3n) is 6.21. The molecule has 2 atom stereocenters. The molecule has 7 heteroatoms. The van der Waals surface area contributed by atoms with E-state index in [9.17, 15) is 14.4 Å². The second-order valence-electron chi connectivity index (χ2n) is 9.29. The summed E-state index contributed by atoms with van der Waals surface area (Å²) in [4.78, 5) is 39.4. The van der Waals surface area contributed by atoms with Crippen molar-refractivity contribution in [2.45, 2.75) is 38.1 Å². The van der Waals surface area contributed by atoms with E-state index in [1.54, 1.807) is 0 Å². The molecule has 0 radical (unpaired) electrons. The van der Waals surface area contributed by atoms with Crippen molar-refractivity contribution in [3.05, 3.63) is 144 Å². The molecule has 0 saturated carbocycles. The molecular formula is C33H32N2O5. The Morgan fingerprint density at radius 3 is 1.38 bits per heavy atom. The minimum Gasteiger partial charge on any atom is -0.459 e. The van der Waals surface area contributed by atoms with Crippen molar-refractivity contribution in [3.8, 4) is 0 Å². The first-order chi connectivity index (χ1) is 19.6. The topological polar surface area (TPSA) is 93.7 Å². The summed E-state index contributed by atoms with van der Waals surface area (Å²) in [6.45, 7) is 0.146. The highest BCUT2D eigenvalue weighted by molar-refractivity contribution is 5.90. The Balaban J connectivity index is 1.46. The van der Waals surface area contributed by atoms with Crippen LogP contribution in [-0.4, -0.2) is 30.1 Å². The van der Waals surface area contributed by atoms with Crippen LogP contribution in [0, 0.1) is 0 Å². The van der Waals surface area contributed by atoms with Crippen molar-refractivity contribution >= 4 is 18.0 Å². The van der Waals surface area contributed by atoms with Crippen LogP contribution >= 0.6 is 0 Å². The number of hydrogen-bond donors (Lipinski definition) is 2. The molecule has 0 aromatic heterocycles. The number of hydrogen-bond acceptors (Lipinski definition) is 5. The Morgan fingerprint density at radius 2 is 0.900 bits per heavy atom. The van der Waals surface area contributed by atoms with Gasteiger partial charge in [0.15, 0.2) is 0 Å². The molecule has 204 valence electrons. The normalized spacial score (nSPS) is 12.0. The van der Waals surface area contributed by atoms with Crippen LogP contribution < -0.4 is 10.6 Å². The van der Waals surface area contributed by atoms with Crippen LogP contribution in [0.1, 0.15) is 22.3 Å². The van der Waals surface area contributed by atoms with E-state index in [1.165, 1.54) is 0 Å². The maximum Gasteiger partial charge on any atom is 0.408 e. The SMILES string of the molecule is O=C(NC(Cc1ccccc1)C(=O)NC(Cc1ccccc1)C(=O)OCc1ccccc1)OCc1ccccc1. The molecule has 2 unspecified atom stereocenters. The van der Waals surface area contributed by atoms with E-state index < -0.39 is 30.1 Å². The zero-order valence-corrected chi connectivity index (χ0v) is 22.1. The lowest BCUT2D eigenvalue weighted by Gasteiger charge is -2.23. The zero-order valence-electron chi connectivity index (χ0n) is 22.1. The lowest BCUT2D eigenvalue weighted by molar-refractivity contribution is -0.149. The zero-order chi connectivity index (χ0) is 28.0. The Labute approximate surface area is 234 Å². The van der Waals surface area contributed by atoms with Crippen molar-refractivity contribution in [3.63, 3.8) is 0 Å². The van der Waals surface area contributed by atoms with Gasteiger partial charge in [0, 0.05) is 12.8 Å². The van der Waals surface area contributed by atoms with Gasteiger partial charge in [0.1, 0.15) is 25.3 Å². The molecule has 0 aliphatic rings. The van der Waals surface area contributed by atoms with Gasteiger partial charge in [0.25, 0.3) is 0 Å². The molecule has 0 spiro atoms. The highest BCUT2D eigenvalue weighted by Crippen LogP contribution is 2.10. The molecule has 4 rings (SSSR count). The van der Waals surface area contributed by atoms with E-state index in [1.807, 2.05) is 121 Å². The lowest BCUT2D eigenvalue weighted by atomic mass is 10.0. The highest BCUT2D eigenvalue weighted by Gasteiger charge is 2.28. The van der Waals surface area contributed by atoms with Crippen molar-refractivity contribution in [1.29, 1.82) is 0 Å². The molecule has 0 aliphatic heterocycles. The number of carbonyl (C=O) groups is 3. The van der Waals surface area contributed by atoms with Gasteiger partial charge in [-0.05, 0) is 22.3 Å². The molecule has 2 amide bonds. The Kier molecular flexibility index (Phi) is 10.5. The van der Waals surface area contributed by atoms with Gasteiger partial charge in [-0.1, -0.05) is 121 Å². The molecule has 4 aromatic rings. The number of benzene rings is 4. The fourth-order valence-corrected chi connectivity index (χ4v) is 4.11. The van der Waals surface area contributed by atoms with Crippen LogP contribution in [0.15, 0.2) is 121 Å². The molecule has 0 saturated heterocycles. The molecule has 0 fully saturated rings. The van der Waals surface area contributed by atoms with E-state index in [4.69, 9.17) is 9.47 Å². The van der Waals surface area contributed by atoms with Gasteiger partial charge in [-0.15, -0.1) is 0 Å². The van der Waals surface area contributed by atoms with Crippen molar-refractivity contribution < 1.29 is 23.9 Å². The Morgan fingerprint density at radius 1 is 0.500 bits per heavy atom. The van der Waals surface area contributed by atoms with Gasteiger partial charge in [-0.25, -0.2) is 9.59 Å². The van der Waals surface area contributed by atoms with E-state index in [0.717, 1.165) is 22.3 Å². The van der Waals surface area contributed by atoms with Gasteiger partial charge >= 0.3 is 12.1 Å². The monoisotopic (exact) mass is 536 g/mol. The van der Waals surface area contributed by atoms with Crippen LogP contribution in [0.4, 0.5) is 4.79 Å². The van der Waals surface area contributed by atoms with Crippen molar-refractivity contribution in [1.82, 2.24) is 10.6 Å². The first-order valence-corrected chi connectivity index (χ1v) is 13.1. The summed E-state index contributed by atoms with van der Waals surface area (Å²) in [5, 5.41) is 5.49. The van der Waals surface area contributed by atoms with E-state index in [-0.39, 0.29) is 26.1 Å². The summed E-state index contributed by atoms with van der Waals surface area (Å²) in [6.07, 6.45) is -0.285. The summed E-state index contributed by atoms with van der Waals surface area (Å²) in [5.41, 5.74) is 3.37. The molecule has 7 nitrogen and oxygen atoms in total. The minimum atomic E-state index is -0.981. The molecule has 4 aromatic carbocycles. The van der Waals surface area contributed by atoms with Crippen LogP contribution in [0.25, 0.3) is 0 Å². The standard InChI is InChI=1S/C33H32N2O5/c36-31(29(21-25-13-5-1-6-14-25)35-33(38)40-24-28-19-11-4-12-20-28)34-30(22-26-15-7-2-8-16-26)32(37)39-23-27-17-9-3-10-18-27/h1-20,29-30H,21-24H2,(H,34,36)(H,35,38). The summed E-state index contributed by atoms with van der Waals surface area (Å²) < 4.78 is 10.9. The fourth-order valence-electron chi connectivity index (χ4n) is 4.11. The van der Waals surface area contributed by atoms with Crippen molar-refractivity contribution in [2.24, 2.45) is 0 Å². The number of ether oxygens (including phenoxy) is 2. The maximum atomic E-state index is 13.5. The molecular weight excluding hydrogens is 504 g/mol. The number of amides is 2. The summed E-state index contributed by atoms with van der Waals surface area (Å²) in [5.74, 6) is -1.08. The first kappa shape index (κ1) is 28.1. The molecule has 2 N–H and O–H groups in total. The number of nitrogens with one attached hydrogen (secondary N) is 2. The van der Waals surface area contributed by atoms with Crippen LogP contribution in [0.5, 0.6) is 0 Å². The summed E-state index contributed by atoms with van der Waals surface area (Å²) in [7, 11) is 0.